The molecular weight excluding hydrogens is 624 g/mol. The Hall–Kier alpha value is -0.980. The first kappa shape index (κ1) is 34.9. The molecule has 4 fully saturated rings. The van der Waals surface area contributed by atoms with Crippen molar-refractivity contribution in [3.63, 3.8) is 0 Å². The molecule has 2 saturated heterocycles. The van der Waals surface area contributed by atoms with E-state index in [0.29, 0.717) is 41.6 Å². The maximum atomic E-state index is 13.2. The minimum atomic E-state index is -3.51. The van der Waals surface area contributed by atoms with E-state index >= 15 is 0 Å². The number of likely N-dealkylation sites (tertiary alicyclic amines) is 1. The molecule has 1 unspecified atom stereocenters. The van der Waals surface area contributed by atoms with Crippen molar-refractivity contribution in [3.8, 4) is 0 Å². The van der Waals surface area contributed by atoms with Gasteiger partial charge in [-0.1, -0.05) is 62.4 Å². The molecule has 2 saturated carbocycles. The van der Waals surface area contributed by atoms with E-state index in [4.69, 9.17) is 0 Å². The summed E-state index contributed by atoms with van der Waals surface area (Å²) in [6, 6.07) is 9.17. The predicted molar refractivity (Wildman–Crippen MR) is 180 cm³/mol. The van der Waals surface area contributed by atoms with Gasteiger partial charge in [0.15, 0.2) is 0 Å². The predicted octanol–water partition coefficient (Wildman–Crippen LogP) is 5.19. The summed E-state index contributed by atoms with van der Waals surface area (Å²) < 4.78 is 30.9. The number of piperidine rings is 1. The van der Waals surface area contributed by atoms with Gasteiger partial charge < -0.3 is 5.32 Å². The van der Waals surface area contributed by atoms with Crippen LogP contribution in [0.25, 0.3) is 0 Å². The van der Waals surface area contributed by atoms with Gasteiger partial charge in [-0.05, 0) is 87.9 Å². The summed E-state index contributed by atoms with van der Waals surface area (Å²) in [5.74, 6) is 1.30. The Balaban J connectivity index is 0.00000423. The van der Waals surface area contributed by atoms with Gasteiger partial charge in [0.05, 0.1) is 11.1 Å². The van der Waals surface area contributed by atoms with Gasteiger partial charge in [-0.15, -0.1) is 24.2 Å². The highest BCUT2D eigenvalue weighted by atomic mass is 35.5. The summed E-state index contributed by atoms with van der Waals surface area (Å²) in [7, 11) is -3.51. The number of rotatable bonds is 11. The fourth-order valence-corrected chi connectivity index (χ4v) is 12.3. The number of benzene rings is 1. The number of thioether (sulfide) groups is 1. The highest BCUT2D eigenvalue weighted by Crippen LogP contribution is 2.39. The van der Waals surface area contributed by atoms with Crippen LogP contribution in [0.1, 0.15) is 83.1 Å². The van der Waals surface area contributed by atoms with Gasteiger partial charge >= 0.3 is 0 Å². The molecule has 1 aromatic carbocycles. The number of sulfonamides is 1. The molecule has 12 heteroatoms. The Kier molecular flexibility index (Phi) is 13.4. The van der Waals surface area contributed by atoms with Gasteiger partial charge in [0.2, 0.25) is 15.9 Å². The third-order valence-electron chi connectivity index (χ3n) is 9.70. The second kappa shape index (κ2) is 16.5. The first-order valence-corrected chi connectivity index (χ1v) is 19.5. The molecule has 0 aromatic heterocycles. The van der Waals surface area contributed by atoms with Crippen LogP contribution in [0.4, 0.5) is 0 Å². The third-order valence-corrected chi connectivity index (χ3v) is 14.6. The molecule has 4 aliphatic rings. The van der Waals surface area contributed by atoms with Crippen LogP contribution in [0.5, 0.6) is 0 Å². The average molecular weight is 673 g/mol. The van der Waals surface area contributed by atoms with Crippen molar-refractivity contribution < 1.29 is 18.0 Å². The molecule has 8 nitrogen and oxygen atoms in total. The van der Waals surface area contributed by atoms with Crippen LogP contribution in [0.2, 0.25) is 0 Å². The zero-order valence-corrected chi connectivity index (χ0v) is 28.6. The van der Waals surface area contributed by atoms with Crippen LogP contribution >= 0.6 is 36.1 Å². The average Bonchev–Trinajstić information content (AvgIpc) is 3.73. The zero-order valence-electron chi connectivity index (χ0n) is 25.3. The van der Waals surface area contributed by atoms with Gasteiger partial charge in [-0.3, -0.25) is 19.2 Å². The Labute approximate surface area is 273 Å². The van der Waals surface area contributed by atoms with Crippen molar-refractivity contribution in [2.45, 2.75) is 107 Å². The van der Waals surface area contributed by atoms with Gasteiger partial charge in [0.1, 0.15) is 12.1 Å². The monoisotopic (exact) mass is 672 g/mol. The second-order valence-corrected chi connectivity index (χ2v) is 16.8. The van der Waals surface area contributed by atoms with E-state index in [-0.39, 0.29) is 29.5 Å². The van der Waals surface area contributed by atoms with E-state index in [2.05, 4.69) is 45.3 Å². The normalized spacial score (nSPS) is 24.7. The molecule has 242 valence electrons. The standard InChI is InChI=1S/C31H48N4O4S3.ClH/c1-23(32-31(37)28-21-40-22-35(28)42(38,39)27-14-8-9-15-27)30(36)33-41-29(25-12-6-3-7-13-25)26-16-18-34(19-17-26)20-24-10-4-2-5-11-24;/h2,4-5,10-11,23,25-29H,3,6-9,12-22H2,1H3,(H,32,37)(H,33,36);1H/t23-,28+,29?;/m1./s1. The quantitative estimate of drug-likeness (QED) is 0.313. The lowest BCUT2D eigenvalue weighted by atomic mass is 9.79. The minimum Gasteiger partial charge on any atom is -0.343 e. The zero-order chi connectivity index (χ0) is 29.5. The van der Waals surface area contributed by atoms with Gasteiger partial charge in [0.25, 0.3) is 5.91 Å². The Morgan fingerprint density at radius 1 is 0.953 bits per heavy atom. The van der Waals surface area contributed by atoms with E-state index in [1.807, 2.05) is 0 Å². The van der Waals surface area contributed by atoms with Crippen LogP contribution < -0.4 is 10.0 Å². The first-order valence-electron chi connectivity index (χ1n) is 15.9. The number of carbonyl (C=O) groups excluding carboxylic acids is 2. The van der Waals surface area contributed by atoms with Crippen LogP contribution in [-0.4, -0.2) is 76.7 Å². The van der Waals surface area contributed by atoms with E-state index in [0.717, 1.165) is 45.3 Å². The molecule has 43 heavy (non-hydrogen) atoms. The molecule has 2 N–H and O–H groups in total. The Morgan fingerprint density at radius 2 is 1.58 bits per heavy atom. The summed E-state index contributed by atoms with van der Waals surface area (Å²) in [5, 5.41) is 2.82. The number of carbonyl (C=O) groups is 2. The maximum Gasteiger partial charge on any atom is 0.252 e. The highest BCUT2D eigenvalue weighted by molar-refractivity contribution is 8.00. The van der Waals surface area contributed by atoms with Crippen molar-refractivity contribution in [1.29, 1.82) is 0 Å². The molecule has 5 rings (SSSR count). The van der Waals surface area contributed by atoms with Crippen molar-refractivity contribution in [1.82, 2.24) is 19.2 Å². The van der Waals surface area contributed by atoms with Gasteiger partial charge in [-0.2, -0.15) is 4.31 Å². The van der Waals surface area contributed by atoms with Crippen molar-refractivity contribution in [2.75, 3.05) is 24.7 Å². The topological polar surface area (TPSA) is 98.8 Å². The number of nitrogens with one attached hydrogen (secondary N) is 2. The Morgan fingerprint density at radius 3 is 2.26 bits per heavy atom. The number of hydrogen-bond donors (Lipinski definition) is 2. The van der Waals surface area contributed by atoms with Crippen LogP contribution in [0.15, 0.2) is 30.3 Å². The first-order chi connectivity index (χ1) is 20.3. The minimum absolute atomic E-state index is 0. The van der Waals surface area contributed by atoms with Crippen LogP contribution in [0, 0.1) is 11.8 Å². The SMILES string of the molecule is C[C@@H](NC(=O)[C@@H]1CSCN1S(=O)(=O)C1CCCC1)C(=O)NSC(C1CCCCC1)C1CCN(Cc2ccccc2)CC1.Cl. The lowest BCUT2D eigenvalue weighted by Crippen LogP contribution is -2.53. The smallest absolute Gasteiger partial charge is 0.252 e. The summed E-state index contributed by atoms with van der Waals surface area (Å²) >= 11 is 3.04. The number of halogens is 1. The lowest BCUT2D eigenvalue weighted by molar-refractivity contribution is -0.129. The molecular formula is C31H49ClN4O4S3. The van der Waals surface area contributed by atoms with Crippen LogP contribution in [-0.2, 0) is 26.2 Å². The largest absolute Gasteiger partial charge is 0.343 e. The maximum absolute atomic E-state index is 13.2. The molecule has 2 amide bonds. The summed E-state index contributed by atoms with van der Waals surface area (Å²) in [4.78, 5) is 29.0. The van der Waals surface area contributed by atoms with E-state index in [1.54, 1.807) is 18.9 Å². The van der Waals surface area contributed by atoms with Crippen molar-refractivity contribution in [2.24, 2.45) is 11.8 Å². The molecule has 2 heterocycles. The molecule has 2 aliphatic carbocycles. The van der Waals surface area contributed by atoms with Gasteiger partial charge in [0, 0.05) is 17.5 Å². The second-order valence-electron chi connectivity index (χ2n) is 12.6. The molecule has 0 bridgehead atoms. The molecule has 2 aliphatic heterocycles. The Bertz CT molecular complexity index is 1140. The number of hydrogen-bond acceptors (Lipinski definition) is 7. The highest BCUT2D eigenvalue weighted by Gasteiger charge is 2.44. The van der Waals surface area contributed by atoms with Crippen molar-refractivity contribution in [3.05, 3.63) is 35.9 Å². The lowest BCUT2D eigenvalue weighted by Gasteiger charge is -2.40. The molecule has 3 atom stereocenters. The molecule has 0 radical (unpaired) electrons. The van der Waals surface area contributed by atoms with E-state index in [1.165, 1.54) is 53.7 Å². The van der Waals surface area contributed by atoms with Crippen molar-refractivity contribution >= 4 is 58.0 Å². The van der Waals surface area contributed by atoms with Crippen LogP contribution in [0.3, 0.4) is 0 Å². The fourth-order valence-electron chi connectivity index (χ4n) is 7.17. The molecule has 0 spiro atoms. The summed E-state index contributed by atoms with van der Waals surface area (Å²) in [6.45, 7) is 4.83. The number of nitrogens with zero attached hydrogens (tertiary/aromatic N) is 2. The van der Waals surface area contributed by atoms with E-state index < -0.39 is 22.1 Å². The third kappa shape index (κ3) is 9.06. The fraction of sp³-hybridized carbons (Fsp3) is 0.742. The summed E-state index contributed by atoms with van der Waals surface area (Å²) in [5.41, 5.74) is 1.35. The number of amides is 2. The molecule has 1 aromatic rings. The van der Waals surface area contributed by atoms with Gasteiger partial charge in [-0.25, -0.2) is 8.42 Å². The summed E-state index contributed by atoms with van der Waals surface area (Å²) in [6.07, 6.45) is 11.7. The van der Waals surface area contributed by atoms with E-state index in [9.17, 15) is 18.0 Å².